The van der Waals surface area contributed by atoms with Gasteiger partial charge >= 0.3 is 0 Å². The first-order chi connectivity index (χ1) is 16.4. The minimum Gasteiger partial charge on any atom is -0.497 e. The van der Waals surface area contributed by atoms with Crippen molar-refractivity contribution < 1.29 is 19.2 Å². The van der Waals surface area contributed by atoms with Crippen LogP contribution in [0.3, 0.4) is 0 Å². The maximum absolute atomic E-state index is 12.8. The molecular formula is C24H19ClN4O5. The van der Waals surface area contributed by atoms with Gasteiger partial charge in [-0.05, 0) is 42.0 Å². The fourth-order valence-corrected chi connectivity index (χ4v) is 2.94. The topological polar surface area (TPSA) is 123 Å². The molecule has 0 aliphatic heterocycles. The number of ether oxygens (including phenoxy) is 1. The number of nitrogens with zero attached hydrogens (tertiary/aromatic N) is 2. The Bertz CT molecular complexity index is 1260. The zero-order chi connectivity index (χ0) is 24.5. The highest BCUT2D eigenvalue weighted by Crippen LogP contribution is 2.20. The molecule has 10 heteroatoms. The highest BCUT2D eigenvalue weighted by molar-refractivity contribution is 6.33. The Balaban J connectivity index is 1.83. The lowest BCUT2D eigenvalue weighted by Crippen LogP contribution is -2.32. The van der Waals surface area contributed by atoms with Gasteiger partial charge in [-0.15, -0.1) is 0 Å². The molecule has 0 fully saturated rings. The summed E-state index contributed by atoms with van der Waals surface area (Å²) in [6, 6.07) is 19.1. The molecule has 0 aliphatic rings. The molecule has 2 N–H and O–H groups in total. The van der Waals surface area contributed by atoms with Crippen molar-refractivity contribution in [3.63, 3.8) is 0 Å². The quantitative estimate of drug-likeness (QED) is 0.217. The van der Waals surface area contributed by atoms with Gasteiger partial charge in [0.05, 0.1) is 18.2 Å². The van der Waals surface area contributed by atoms with E-state index in [2.05, 4.69) is 15.8 Å². The van der Waals surface area contributed by atoms with Crippen molar-refractivity contribution in [2.45, 2.75) is 0 Å². The molecule has 3 rings (SSSR count). The van der Waals surface area contributed by atoms with Gasteiger partial charge in [0.25, 0.3) is 17.5 Å². The first-order valence-electron chi connectivity index (χ1n) is 9.87. The first-order valence-corrected chi connectivity index (χ1v) is 10.2. The summed E-state index contributed by atoms with van der Waals surface area (Å²) in [4.78, 5) is 35.8. The normalized spacial score (nSPS) is 11.2. The van der Waals surface area contributed by atoms with Crippen LogP contribution in [0.5, 0.6) is 5.75 Å². The number of carbonyl (C=O) groups is 2. The molecular weight excluding hydrogens is 460 g/mol. The van der Waals surface area contributed by atoms with Gasteiger partial charge in [0.1, 0.15) is 11.4 Å². The number of benzene rings is 3. The van der Waals surface area contributed by atoms with Gasteiger partial charge in [-0.2, -0.15) is 5.10 Å². The van der Waals surface area contributed by atoms with E-state index in [-0.39, 0.29) is 22.0 Å². The first kappa shape index (κ1) is 24.1. The third kappa shape index (κ3) is 6.50. The Morgan fingerprint density at radius 1 is 1.06 bits per heavy atom. The third-order valence-corrected chi connectivity index (χ3v) is 4.86. The van der Waals surface area contributed by atoms with E-state index in [0.29, 0.717) is 16.9 Å². The Morgan fingerprint density at radius 3 is 2.41 bits per heavy atom. The van der Waals surface area contributed by atoms with E-state index < -0.39 is 16.7 Å². The molecule has 3 aromatic carbocycles. The van der Waals surface area contributed by atoms with Crippen LogP contribution in [0.15, 0.2) is 83.6 Å². The number of hydrogen-bond donors (Lipinski definition) is 2. The van der Waals surface area contributed by atoms with Crippen molar-refractivity contribution in [2.24, 2.45) is 5.10 Å². The van der Waals surface area contributed by atoms with Gasteiger partial charge in [-0.3, -0.25) is 19.7 Å². The van der Waals surface area contributed by atoms with Gasteiger partial charge in [-0.1, -0.05) is 41.9 Å². The number of halogens is 1. The highest BCUT2D eigenvalue weighted by atomic mass is 35.5. The van der Waals surface area contributed by atoms with E-state index in [9.17, 15) is 19.7 Å². The van der Waals surface area contributed by atoms with Crippen molar-refractivity contribution in [2.75, 3.05) is 7.11 Å². The second kappa shape index (κ2) is 11.4. The fraction of sp³-hybridized carbons (Fsp3) is 0.0417. The second-order valence-corrected chi connectivity index (χ2v) is 7.22. The SMILES string of the molecule is COc1ccc(/C=C(/NC(=O)c2ccccc2)C(=O)N/N=C/c2cc([N+](=O)[O-])ccc2Cl)cc1. The van der Waals surface area contributed by atoms with E-state index in [1.807, 2.05) is 0 Å². The molecule has 0 aliphatic carbocycles. The predicted octanol–water partition coefficient (Wildman–Crippen LogP) is 4.18. The van der Waals surface area contributed by atoms with Crippen molar-refractivity contribution in [3.05, 3.63) is 110 Å². The standard InChI is InChI=1S/C24H19ClN4O5/c1-34-20-10-7-16(8-11-20)13-22(27-23(30)17-5-3-2-4-6-17)24(31)28-26-15-18-14-19(29(32)33)9-12-21(18)25/h2-15H,1H3,(H,27,30)(H,28,31)/b22-13+,26-15+. The summed E-state index contributed by atoms with van der Waals surface area (Å²) in [6.07, 6.45) is 2.66. The molecule has 34 heavy (non-hydrogen) atoms. The number of carbonyl (C=O) groups excluding carboxylic acids is 2. The number of methoxy groups -OCH3 is 1. The van der Waals surface area contributed by atoms with E-state index in [0.717, 1.165) is 0 Å². The van der Waals surface area contributed by atoms with Crippen LogP contribution in [-0.2, 0) is 4.79 Å². The van der Waals surface area contributed by atoms with Gasteiger partial charge in [0, 0.05) is 28.3 Å². The molecule has 3 aromatic rings. The maximum Gasteiger partial charge on any atom is 0.287 e. The zero-order valence-electron chi connectivity index (χ0n) is 17.9. The van der Waals surface area contributed by atoms with Gasteiger partial charge in [-0.25, -0.2) is 5.43 Å². The Kier molecular flexibility index (Phi) is 8.09. The number of non-ortho nitro benzene ring substituents is 1. The average Bonchev–Trinajstić information content (AvgIpc) is 2.85. The zero-order valence-corrected chi connectivity index (χ0v) is 18.7. The lowest BCUT2D eigenvalue weighted by molar-refractivity contribution is -0.384. The number of hydrogen-bond acceptors (Lipinski definition) is 6. The summed E-state index contributed by atoms with van der Waals surface area (Å²) in [7, 11) is 1.54. The number of hydrazone groups is 1. The second-order valence-electron chi connectivity index (χ2n) is 6.81. The Hall–Kier alpha value is -4.50. The number of nitro benzene ring substituents is 1. The Morgan fingerprint density at radius 2 is 1.76 bits per heavy atom. The van der Waals surface area contributed by atoms with E-state index >= 15 is 0 Å². The number of amides is 2. The Labute approximate surface area is 199 Å². The number of nitro groups is 1. The van der Waals surface area contributed by atoms with Crippen molar-refractivity contribution in [1.82, 2.24) is 10.7 Å². The summed E-state index contributed by atoms with van der Waals surface area (Å²) in [5.74, 6) is -0.561. The maximum atomic E-state index is 12.8. The van der Waals surface area contributed by atoms with Crippen LogP contribution in [0.4, 0.5) is 5.69 Å². The summed E-state index contributed by atoms with van der Waals surface area (Å²) in [6.45, 7) is 0. The predicted molar refractivity (Wildman–Crippen MR) is 129 cm³/mol. The molecule has 0 bridgehead atoms. The van der Waals surface area contributed by atoms with Gasteiger partial charge in [0.2, 0.25) is 0 Å². The van der Waals surface area contributed by atoms with Crippen LogP contribution in [0, 0.1) is 10.1 Å². The molecule has 0 spiro atoms. The van der Waals surface area contributed by atoms with Crippen molar-refractivity contribution >= 4 is 41.4 Å². The van der Waals surface area contributed by atoms with Crippen molar-refractivity contribution in [1.29, 1.82) is 0 Å². The van der Waals surface area contributed by atoms with Gasteiger partial charge in [0.15, 0.2) is 0 Å². The highest BCUT2D eigenvalue weighted by Gasteiger charge is 2.15. The molecule has 0 heterocycles. The van der Waals surface area contributed by atoms with Gasteiger partial charge < -0.3 is 10.1 Å². The number of nitrogens with one attached hydrogen (secondary N) is 2. The van der Waals surface area contributed by atoms with E-state index in [4.69, 9.17) is 16.3 Å². The minimum absolute atomic E-state index is 0.0682. The van der Waals surface area contributed by atoms with Crippen LogP contribution >= 0.6 is 11.6 Å². The summed E-state index contributed by atoms with van der Waals surface area (Å²) in [5, 5.41) is 17.6. The van der Waals surface area contributed by atoms with Crippen LogP contribution in [0.25, 0.3) is 6.08 Å². The lowest BCUT2D eigenvalue weighted by atomic mass is 10.1. The molecule has 0 radical (unpaired) electrons. The van der Waals surface area contributed by atoms with E-state index in [1.54, 1.807) is 54.6 Å². The average molecular weight is 479 g/mol. The number of rotatable bonds is 8. The minimum atomic E-state index is -0.710. The van der Waals surface area contributed by atoms with Crippen LogP contribution in [0.1, 0.15) is 21.5 Å². The largest absolute Gasteiger partial charge is 0.497 e. The molecule has 0 saturated heterocycles. The lowest BCUT2D eigenvalue weighted by Gasteiger charge is -2.09. The summed E-state index contributed by atoms with van der Waals surface area (Å²) >= 11 is 6.04. The molecule has 9 nitrogen and oxygen atoms in total. The van der Waals surface area contributed by atoms with Crippen LogP contribution in [-0.4, -0.2) is 30.1 Å². The molecule has 0 unspecified atom stereocenters. The molecule has 172 valence electrons. The monoisotopic (exact) mass is 478 g/mol. The molecule has 2 amide bonds. The molecule has 0 atom stereocenters. The van der Waals surface area contributed by atoms with Crippen LogP contribution < -0.4 is 15.5 Å². The summed E-state index contributed by atoms with van der Waals surface area (Å²) < 4.78 is 5.13. The van der Waals surface area contributed by atoms with Crippen LogP contribution in [0.2, 0.25) is 5.02 Å². The summed E-state index contributed by atoms with van der Waals surface area (Å²) in [5.41, 5.74) is 3.29. The molecule has 0 aromatic heterocycles. The third-order valence-electron chi connectivity index (χ3n) is 4.52. The van der Waals surface area contributed by atoms with Crippen molar-refractivity contribution in [3.8, 4) is 5.75 Å². The van der Waals surface area contributed by atoms with E-state index in [1.165, 1.54) is 37.6 Å². The molecule has 0 saturated carbocycles. The smallest absolute Gasteiger partial charge is 0.287 e. The fourth-order valence-electron chi connectivity index (χ4n) is 2.77.